The summed E-state index contributed by atoms with van der Waals surface area (Å²) in [7, 11) is 0. The molecule has 6 heteroatoms. The fourth-order valence-corrected chi connectivity index (χ4v) is 1.41. The lowest BCUT2D eigenvalue weighted by Gasteiger charge is -2.02. The molecule has 2 saturated carbocycles. The van der Waals surface area contributed by atoms with Crippen molar-refractivity contribution in [3.8, 4) is 0 Å². The summed E-state index contributed by atoms with van der Waals surface area (Å²) < 4.78 is 49.2. The Hall–Kier alpha value is -0.0300. The van der Waals surface area contributed by atoms with E-state index in [9.17, 15) is 17.6 Å². The van der Waals surface area contributed by atoms with Crippen LogP contribution in [0.1, 0.15) is 12.8 Å². The van der Waals surface area contributed by atoms with Crippen LogP contribution in [0.15, 0.2) is 0 Å². The molecule has 0 heterocycles. The molecule has 0 aromatic rings. The van der Waals surface area contributed by atoms with E-state index in [-0.39, 0.29) is 38.3 Å². The fourth-order valence-electron chi connectivity index (χ4n) is 1.41. The largest absolute Gasteiger partial charge is 0.316 e. The maximum absolute atomic E-state index is 12.3. The maximum atomic E-state index is 12.3. The van der Waals surface area contributed by atoms with Gasteiger partial charge in [-0.25, -0.2) is 17.6 Å². The molecule has 0 spiro atoms. The van der Waals surface area contributed by atoms with Crippen LogP contribution < -0.4 is 5.32 Å². The van der Waals surface area contributed by atoms with Crippen LogP contribution in [-0.2, 0) is 0 Å². The van der Waals surface area contributed by atoms with Gasteiger partial charge in [0.15, 0.2) is 0 Å². The highest BCUT2D eigenvalue weighted by Crippen LogP contribution is 2.49. The first-order valence-corrected chi connectivity index (χ1v) is 4.38. The van der Waals surface area contributed by atoms with Crippen molar-refractivity contribution >= 4 is 12.4 Å². The van der Waals surface area contributed by atoms with Crippen molar-refractivity contribution in [3.63, 3.8) is 0 Å². The van der Waals surface area contributed by atoms with Gasteiger partial charge in [0.2, 0.25) is 0 Å². The monoisotopic (exact) mass is 233 g/mol. The predicted octanol–water partition coefficient (Wildman–Crippen LogP) is 2.31. The van der Waals surface area contributed by atoms with E-state index in [0.717, 1.165) is 0 Å². The molecule has 2 aliphatic carbocycles. The molecule has 0 amide bonds. The third kappa shape index (κ3) is 2.51. The van der Waals surface area contributed by atoms with Gasteiger partial charge in [0.25, 0.3) is 11.8 Å². The molecule has 1 N–H and O–H groups in total. The van der Waals surface area contributed by atoms with Gasteiger partial charge in [0.05, 0.1) is 0 Å². The Morgan fingerprint density at radius 2 is 1.21 bits per heavy atom. The Morgan fingerprint density at radius 1 is 0.929 bits per heavy atom. The molecule has 1 nitrogen and oxygen atoms in total. The number of nitrogens with one attached hydrogen (secondary N) is 1. The minimum Gasteiger partial charge on any atom is -0.316 e. The fraction of sp³-hybridized carbons (Fsp3) is 1.00. The number of hydrogen-bond acceptors (Lipinski definition) is 1. The summed E-state index contributed by atoms with van der Waals surface area (Å²) in [5.41, 5.74) is 0. The second-order valence-corrected chi connectivity index (χ2v) is 3.98. The molecule has 14 heavy (non-hydrogen) atoms. The Labute approximate surface area is 85.6 Å². The molecule has 2 unspecified atom stereocenters. The van der Waals surface area contributed by atoms with Crippen molar-refractivity contribution in [3.05, 3.63) is 0 Å². The van der Waals surface area contributed by atoms with Gasteiger partial charge in [0, 0.05) is 37.8 Å². The van der Waals surface area contributed by atoms with Gasteiger partial charge in [-0.05, 0) is 0 Å². The van der Waals surface area contributed by atoms with Crippen molar-refractivity contribution < 1.29 is 17.6 Å². The second kappa shape index (κ2) is 3.52. The van der Waals surface area contributed by atoms with Crippen molar-refractivity contribution in [2.24, 2.45) is 11.8 Å². The summed E-state index contributed by atoms with van der Waals surface area (Å²) in [6.07, 6.45) is -0.192. The first-order valence-electron chi connectivity index (χ1n) is 4.38. The van der Waals surface area contributed by atoms with Crippen molar-refractivity contribution in [2.75, 3.05) is 13.1 Å². The Morgan fingerprint density at radius 3 is 1.43 bits per heavy atom. The topological polar surface area (TPSA) is 12.0 Å². The average Bonchev–Trinajstić information content (AvgIpc) is 2.75. The van der Waals surface area contributed by atoms with Crippen molar-refractivity contribution in [2.45, 2.75) is 24.7 Å². The Kier molecular flexibility index (Phi) is 3.03. The average molecular weight is 234 g/mol. The van der Waals surface area contributed by atoms with Gasteiger partial charge in [-0.15, -0.1) is 12.4 Å². The van der Waals surface area contributed by atoms with E-state index >= 15 is 0 Å². The minimum absolute atomic E-state index is 0. The lowest BCUT2D eigenvalue weighted by molar-refractivity contribution is 0.0940. The maximum Gasteiger partial charge on any atom is 0.252 e. The first-order chi connectivity index (χ1) is 5.92. The van der Waals surface area contributed by atoms with E-state index < -0.39 is 23.7 Å². The zero-order chi connectivity index (χ0) is 9.69. The summed E-state index contributed by atoms with van der Waals surface area (Å²) in [6.45, 7) is 0.333. The van der Waals surface area contributed by atoms with E-state index in [1.54, 1.807) is 0 Å². The van der Waals surface area contributed by atoms with Gasteiger partial charge in [-0.1, -0.05) is 0 Å². The highest BCUT2D eigenvalue weighted by Gasteiger charge is 2.58. The number of alkyl halides is 4. The molecule has 2 fully saturated rings. The highest BCUT2D eigenvalue weighted by molar-refractivity contribution is 5.85. The predicted molar refractivity (Wildman–Crippen MR) is 46.2 cm³/mol. The van der Waals surface area contributed by atoms with Crippen LogP contribution in [0.4, 0.5) is 17.6 Å². The normalized spacial score (nSPS) is 36.0. The Balaban J connectivity index is 0.000000980. The number of hydrogen-bond donors (Lipinski definition) is 1. The molecular formula is C8H12ClF4N. The zero-order valence-corrected chi connectivity index (χ0v) is 8.22. The van der Waals surface area contributed by atoms with Crippen molar-refractivity contribution in [1.29, 1.82) is 0 Å². The first kappa shape index (κ1) is 12.0. The lowest BCUT2D eigenvalue weighted by Crippen LogP contribution is -2.23. The summed E-state index contributed by atoms with van der Waals surface area (Å²) in [6, 6.07) is 0. The summed E-state index contributed by atoms with van der Waals surface area (Å²) in [5.74, 6) is -6.34. The molecular weight excluding hydrogens is 222 g/mol. The summed E-state index contributed by atoms with van der Waals surface area (Å²) >= 11 is 0. The molecule has 0 aromatic carbocycles. The minimum atomic E-state index is -2.54. The number of halogens is 5. The smallest absolute Gasteiger partial charge is 0.252 e. The molecule has 0 aromatic heterocycles. The van der Waals surface area contributed by atoms with Gasteiger partial charge in [-0.3, -0.25) is 0 Å². The van der Waals surface area contributed by atoms with Gasteiger partial charge >= 0.3 is 0 Å². The molecule has 2 rings (SSSR count). The summed E-state index contributed by atoms with van der Waals surface area (Å²) in [5, 5.41) is 2.66. The van der Waals surface area contributed by atoms with Crippen LogP contribution >= 0.6 is 12.4 Å². The third-order valence-electron chi connectivity index (χ3n) is 2.69. The van der Waals surface area contributed by atoms with Crippen LogP contribution in [0.2, 0.25) is 0 Å². The van der Waals surface area contributed by atoms with Crippen LogP contribution in [-0.4, -0.2) is 24.9 Å². The van der Waals surface area contributed by atoms with Gasteiger partial charge in [0.1, 0.15) is 0 Å². The molecule has 2 atom stereocenters. The number of rotatable bonds is 4. The SMILES string of the molecule is Cl.FC1(F)CC1CNCC1CC1(F)F. The summed E-state index contributed by atoms with van der Waals surface area (Å²) in [4.78, 5) is 0. The van der Waals surface area contributed by atoms with Crippen molar-refractivity contribution in [1.82, 2.24) is 5.32 Å². The third-order valence-corrected chi connectivity index (χ3v) is 2.69. The van der Waals surface area contributed by atoms with Gasteiger partial charge in [-0.2, -0.15) is 0 Å². The molecule has 0 radical (unpaired) electrons. The van der Waals surface area contributed by atoms with Gasteiger partial charge < -0.3 is 5.32 Å². The quantitative estimate of drug-likeness (QED) is 0.735. The van der Waals surface area contributed by atoms with Crippen LogP contribution in [0.5, 0.6) is 0 Å². The molecule has 0 aliphatic heterocycles. The van der Waals surface area contributed by atoms with E-state index in [0.29, 0.717) is 0 Å². The van der Waals surface area contributed by atoms with E-state index in [1.165, 1.54) is 0 Å². The molecule has 0 saturated heterocycles. The highest BCUT2D eigenvalue weighted by atomic mass is 35.5. The second-order valence-electron chi connectivity index (χ2n) is 3.98. The molecule has 2 aliphatic rings. The standard InChI is InChI=1S/C8H11F4N.ClH/c9-7(10)1-5(7)3-13-4-6-2-8(6,11)12;/h5-6,13H,1-4H2;1H. The van der Waals surface area contributed by atoms with E-state index in [2.05, 4.69) is 5.32 Å². The van der Waals surface area contributed by atoms with E-state index in [1.807, 2.05) is 0 Å². The van der Waals surface area contributed by atoms with Crippen LogP contribution in [0, 0.1) is 11.8 Å². The van der Waals surface area contributed by atoms with Crippen LogP contribution in [0.25, 0.3) is 0 Å². The van der Waals surface area contributed by atoms with Crippen LogP contribution in [0.3, 0.4) is 0 Å². The lowest BCUT2D eigenvalue weighted by atomic mass is 10.3. The zero-order valence-electron chi connectivity index (χ0n) is 7.40. The molecule has 84 valence electrons. The van der Waals surface area contributed by atoms with E-state index in [4.69, 9.17) is 0 Å². The molecule has 0 bridgehead atoms. The Bertz CT molecular complexity index is 199.